The van der Waals surface area contributed by atoms with Gasteiger partial charge in [0.05, 0.1) is 12.7 Å². The van der Waals surface area contributed by atoms with E-state index in [0.29, 0.717) is 12.3 Å². The van der Waals surface area contributed by atoms with E-state index in [9.17, 15) is 9.90 Å². The van der Waals surface area contributed by atoms with Gasteiger partial charge in [0.1, 0.15) is 11.5 Å². The Labute approximate surface area is 153 Å². The van der Waals surface area contributed by atoms with Crippen LogP contribution in [0.5, 0.6) is 11.5 Å². The molecule has 1 amide bonds. The van der Waals surface area contributed by atoms with Gasteiger partial charge in [0, 0.05) is 18.5 Å². The first-order valence-electron chi connectivity index (χ1n) is 8.44. The number of methoxy groups -OCH3 is 1. The van der Waals surface area contributed by atoms with Gasteiger partial charge in [0.25, 0.3) is 5.91 Å². The van der Waals surface area contributed by atoms with Crippen molar-refractivity contribution in [3.05, 3.63) is 95.6 Å². The Hall–Kier alpha value is -3.27. The molecule has 4 heteroatoms. The highest BCUT2D eigenvalue weighted by Gasteiger charge is 2.17. The van der Waals surface area contributed by atoms with Gasteiger partial charge in [-0.25, -0.2) is 0 Å². The van der Waals surface area contributed by atoms with Gasteiger partial charge < -0.3 is 15.2 Å². The molecule has 0 atom stereocenters. The lowest BCUT2D eigenvalue weighted by Crippen LogP contribution is -2.29. The number of carbonyl (C=O) groups is 1. The molecule has 26 heavy (non-hydrogen) atoms. The number of phenolic OH excluding ortho intramolecular Hbond substituents is 1. The summed E-state index contributed by atoms with van der Waals surface area (Å²) in [4.78, 5) is 12.5. The second-order valence-electron chi connectivity index (χ2n) is 5.97. The van der Waals surface area contributed by atoms with Crippen molar-refractivity contribution in [2.45, 2.75) is 5.92 Å². The minimum absolute atomic E-state index is 0.0294. The second-order valence-corrected chi connectivity index (χ2v) is 5.97. The Morgan fingerprint density at radius 2 is 1.54 bits per heavy atom. The number of carbonyl (C=O) groups excluding carboxylic acids is 1. The molecule has 0 heterocycles. The van der Waals surface area contributed by atoms with Crippen LogP contribution >= 0.6 is 0 Å². The Morgan fingerprint density at radius 3 is 2.04 bits per heavy atom. The largest absolute Gasteiger partial charge is 0.507 e. The SMILES string of the molecule is COc1ccc(C(=O)NCC(c2ccccc2)c2ccccc2)c(O)c1. The fraction of sp³-hybridized carbons (Fsp3) is 0.136. The van der Waals surface area contributed by atoms with Crippen molar-refractivity contribution >= 4 is 5.91 Å². The number of hydrogen-bond donors (Lipinski definition) is 2. The number of rotatable bonds is 6. The summed E-state index contributed by atoms with van der Waals surface area (Å²) < 4.78 is 5.05. The number of benzene rings is 3. The quantitative estimate of drug-likeness (QED) is 0.709. The van der Waals surface area contributed by atoms with E-state index in [0.717, 1.165) is 11.1 Å². The van der Waals surface area contributed by atoms with Crippen LogP contribution in [0, 0.1) is 0 Å². The minimum atomic E-state index is -0.318. The summed E-state index contributed by atoms with van der Waals surface area (Å²) in [6.45, 7) is 0.429. The third kappa shape index (κ3) is 4.03. The summed E-state index contributed by atoms with van der Waals surface area (Å²) in [5, 5.41) is 13.0. The maximum atomic E-state index is 12.5. The van der Waals surface area contributed by atoms with Crippen LogP contribution in [0.2, 0.25) is 0 Å². The monoisotopic (exact) mass is 347 g/mol. The van der Waals surface area contributed by atoms with Crippen molar-refractivity contribution in [1.82, 2.24) is 5.32 Å². The molecule has 0 spiro atoms. The smallest absolute Gasteiger partial charge is 0.255 e. The molecule has 132 valence electrons. The molecule has 0 saturated carbocycles. The van der Waals surface area contributed by atoms with Gasteiger partial charge in [-0.1, -0.05) is 60.7 Å². The molecule has 0 aliphatic rings. The molecule has 0 aromatic heterocycles. The first-order chi connectivity index (χ1) is 12.7. The molecule has 0 bridgehead atoms. The van der Waals surface area contributed by atoms with Crippen LogP contribution in [-0.4, -0.2) is 24.7 Å². The van der Waals surface area contributed by atoms with E-state index < -0.39 is 0 Å². The molecule has 0 saturated heterocycles. The average molecular weight is 347 g/mol. The van der Waals surface area contributed by atoms with Crippen molar-refractivity contribution in [3.63, 3.8) is 0 Å². The molecular weight excluding hydrogens is 326 g/mol. The molecule has 0 aliphatic heterocycles. The lowest BCUT2D eigenvalue weighted by molar-refractivity contribution is 0.0949. The van der Waals surface area contributed by atoms with Crippen LogP contribution in [0.15, 0.2) is 78.9 Å². The zero-order valence-electron chi connectivity index (χ0n) is 14.6. The Morgan fingerprint density at radius 1 is 0.962 bits per heavy atom. The molecule has 0 unspecified atom stereocenters. The lowest BCUT2D eigenvalue weighted by atomic mass is 9.91. The summed E-state index contributed by atoms with van der Waals surface area (Å²) in [6.07, 6.45) is 0. The number of hydrogen-bond acceptors (Lipinski definition) is 3. The number of phenols is 1. The highest BCUT2D eigenvalue weighted by atomic mass is 16.5. The van der Waals surface area contributed by atoms with E-state index >= 15 is 0 Å². The Kier molecular flexibility index (Phi) is 5.54. The van der Waals surface area contributed by atoms with Gasteiger partial charge in [0.2, 0.25) is 0 Å². The van der Waals surface area contributed by atoms with Crippen LogP contribution in [-0.2, 0) is 0 Å². The fourth-order valence-electron chi connectivity index (χ4n) is 2.92. The van der Waals surface area contributed by atoms with Crippen LogP contribution in [0.1, 0.15) is 27.4 Å². The highest BCUT2D eigenvalue weighted by molar-refractivity contribution is 5.97. The fourth-order valence-corrected chi connectivity index (χ4v) is 2.92. The first-order valence-corrected chi connectivity index (χ1v) is 8.44. The summed E-state index contributed by atoms with van der Waals surface area (Å²) >= 11 is 0. The molecule has 3 aromatic rings. The summed E-state index contributed by atoms with van der Waals surface area (Å²) in [5.74, 6) is 0.118. The van der Waals surface area contributed by atoms with E-state index in [1.54, 1.807) is 12.1 Å². The van der Waals surface area contributed by atoms with Crippen LogP contribution in [0.3, 0.4) is 0 Å². The van der Waals surface area contributed by atoms with Gasteiger partial charge in [0.15, 0.2) is 0 Å². The van der Waals surface area contributed by atoms with Crippen molar-refractivity contribution < 1.29 is 14.6 Å². The van der Waals surface area contributed by atoms with E-state index in [1.807, 2.05) is 36.4 Å². The molecule has 0 aliphatic carbocycles. The van der Waals surface area contributed by atoms with E-state index in [4.69, 9.17) is 4.74 Å². The maximum Gasteiger partial charge on any atom is 0.255 e. The van der Waals surface area contributed by atoms with Gasteiger partial charge in [-0.15, -0.1) is 0 Å². The van der Waals surface area contributed by atoms with E-state index in [-0.39, 0.29) is 23.1 Å². The number of amides is 1. The normalized spacial score (nSPS) is 10.5. The van der Waals surface area contributed by atoms with Crippen LogP contribution in [0.25, 0.3) is 0 Å². The predicted molar refractivity (Wildman–Crippen MR) is 102 cm³/mol. The molecule has 0 fully saturated rings. The number of ether oxygens (including phenoxy) is 1. The third-order valence-corrected chi connectivity index (χ3v) is 4.32. The van der Waals surface area contributed by atoms with Crippen molar-refractivity contribution in [1.29, 1.82) is 0 Å². The Bertz CT molecular complexity index is 824. The predicted octanol–water partition coefficient (Wildman–Crippen LogP) is 3.96. The molecule has 0 radical (unpaired) electrons. The van der Waals surface area contributed by atoms with E-state index in [2.05, 4.69) is 29.6 Å². The van der Waals surface area contributed by atoms with Gasteiger partial charge >= 0.3 is 0 Å². The average Bonchev–Trinajstić information content (AvgIpc) is 2.69. The molecule has 2 N–H and O–H groups in total. The zero-order valence-corrected chi connectivity index (χ0v) is 14.6. The molecular formula is C22H21NO3. The minimum Gasteiger partial charge on any atom is -0.507 e. The van der Waals surface area contributed by atoms with E-state index in [1.165, 1.54) is 13.2 Å². The van der Waals surface area contributed by atoms with Gasteiger partial charge in [-0.05, 0) is 23.3 Å². The summed E-state index contributed by atoms with van der Waals surface area (Å²) in [5.41, 5.74) is 2.47. The van der Waals surface area contributed by atoms with Crippen LogP contribution in [0.4, 0.5) is 0 Å². The van der Waals surface area contributed by atoms with Gasteiger partial charge in [-0.2, -0.15) is 0 Å². The summed E-state index contributed by atoms with van der Waals surface area (Å²) in [6, 6.07) is 24.7. The maximum absolute atomic E-state index is 12.5. The second kappa shape index (κ2) is 8.21. The molecule has 3 rings (SSSR count). The van der Waals surface area contributed by atoms with Crippen molar-refractivity contribution in [2.75, 3.05) is 13.7 Å². The standard InChI is InChI=1S/C22H21NO3/c1-26-18-12-13-19(21(24)14-18)22(25)23-15-20(16-8-4-2-5-9-16)17-10-6-3-7-11-17/h2-14,20,24H,15H2,1H3,(H,23,25). The number of aromatic hydroxyl groups is 1. The van der Waals surface area contributed by atoms with Gasteiger partial charge in [-0.3, -0.25) is 4.79 Å². The Balaban J connectivity index is 1.79. The van der Waals surface area contributed by atoms with Crippen LogP contribution < -0.4 is 10.1 Å². The zero-order chi connectivity index (χ0) is 18.4. The first kappa shape index (κ1) is 17.5. The topological polar surface area (TPSA) is 58.6 Å². The molecule has 3 aromatic carbocycles. The van der Waals surface area contributed by atoms with Crippen molar-refractivity contribution in [2.24, 2.45) is 0 Å². The highest BCUT2D eigenvalue weighted by Crippen LogP contribution is 2.25. The molecule has 4 nitrogen and oxygen atoms in total. The summed E-state index contributed by atoms with van der Waals surface area (Å²) in [7, 11) is 1.51. The third-order valence-electron chi connectivity index (χ3n) is 4.32. The van der Waals surface area contributed by atoms with Crippen molar-refractivity contribution in [3.8, 4) is 11.5 Å². The number of nitrogens with one attached hydrogen (secondary N) is 1. The lowest BCUT2D eigenvalue weighted by Gasteiger charge is -2.19.